The quantitative estimate of drug-likeness (QED) is 0.597. The van der Waals surface area contributed by atoms with Gasteiger partial charge in [-0.1, -0.05) is 0 Å². The van der Waals surface area contributed by atoms with E-state index in [4.69, 9.17) is 8.83 Å². The van der Waals surface area contributed by atoms with Crippen LogP contribution in [0.5, 0.6) is 0 Å². The predicted octanol–water partition coefficient (Wildman–Crippen LogP) is 2.84. The van der Waals surface area contributed by atoms with Crippen LogP contribution in [0, 0.1) is 27.7 Å². The Hall–Kier alpha value is -3.09. The monoisotopic (exact) mass is 424 g/mol. The van der Waals surface area contributed by atoms with Gasteiger partial charge in [0.15, 0.2) is 0 Å². The highest BCUT2D eigenvalue weighted by molar-refractivity contribution is 6.00. The van der Waals surface area contributed by atoms with Crippen LogP contribution in [-0.4, -0.2) is 29.4 Å². The van der Waals surface area contributed by atoms with Crippen molar-refractivity contribution in [3.63, 3.8) is 0 Å². The molecule has 1 aliphatic heterocycles. The van der Waals surface area contributed by atoms with E-state index in [0.29, 0.717) is 29.7 Å². The fraction of sp³-hybridized carbons (Fsp3) is 0.458. The smallest absolute Gasteiger partial charge is 0.339 e. The molecule has 7 nitrogen and oxygen atoms in total. The van der Waals surface area contributed by atoms with E-state index in [1.54, 1.807) is 0 Å². The van der Waals surface area contributed by atoms with E-state index in [0.717, 1.165) is 46.1 Å². The molecule has 3 aromatic rings. The second kappa shape index (κ2) is 7.87. The molecule has 4 rings (SSSR count). The van der Waals surface area contributed by atoms with E-state index in [1.165, 1.54) is 4.90 Å². The van der Waals surface area contributed by atoms with Crippen molar-refractivity contribution in [2.75, 3.05) is 6.54 Å². The molecule has 1 aromatic carbocycles. The van der Waals surface area contributed by atoms with Gasteiger partial charge in [0, 0.05) is 34.9 Å². The Morgan fingerprint density at radius 3 is 2.42 bits per heavy atom. The van der Waals surface area contributed by atoms with Gasteiger partial charge in [0.2, 0.25) is 5.91 Å². The van der Waals surface area contributed by atoms with Crippen molar-refractivity contribution >= 4 is 33.8 Å². The number of rotatable bonds is 4. The van der Waals surface area contributed by atoms with E-state index in [1.807, 2.05) is 33.8 Å². The number of furan rings is 1. The van der Waals surface area contributed by atoms with Crippen molar-refractivity contribution in [1.82, 2.24) is 4.90 Å². The van der Waals surface area contributed by atoms with Gasteiger partial charge in [-0.05, 0) is 70.6 Å². The summed E-state index contributed by atoms with van der Waals surface area (Å²) in [5.41, 5.74) is 3.77. The van der Waals surface area contributed by atoms with Crippen molar-refractivity contribution < 1.29 is 23.5 Å². The summed E-state index contributed by atoms with van der Waals surface area (Å²) in [6, 6.07) is 1.09. The first-order valence-electron chi connectivity index (χ1n) is 10.7. The molecule has 1 fully saturated rings. The lowest BCUT2D eigenvalue weighted by atomic mass is 9.97. The molecule has 0 radical (unpaired) electrons. The molecule has 31 heavy (non-hydrogen) atoms. The summed E-state index contributed by atoms with van der Waals surface area (Å²) in [6.07, 6.45) is 2.18. The number of carboxylic acids is 1. The molecule has 164 valence electrons. The topological polar surface area (TPSA) is 104 Å². The van der Waals surface area contributed by atoms with Crippen LogP contribution in [0.1, 0.15) is 53.7 Å². The molecule has 1 atom stereocenters. The van der Waals surface area contributed by atoms with E-state index in [9.17, 15) is 19.5 Å². The number of hydrogen-bond donors (Lipinski definition) is 0. The van der Waals surface area contributed by atoms with E-state index in [2.05, 4.69) is 0 Å². The van der Waals surface area contributed by atoms with Gasteiger partial charge in [0.25, 0.3) is 0 Å². The second-order valence-electron chi connectivity index (χ2n) is 8.45. The highest BCUT2D eigenvalue weighted by atomic mass is 16.4. The summed E-state index contributed by atoms with van der Waals surface area (Å²) in [6.45, 7) is 8.03. The van der Waals surface area contributed by atoms with Crippen LogP contribution in [0.3, 0.4) is 0 Å². The molecule has 2 aromatic heterocycles. The van der Waals surface area contributed by atoms with Crippen LogP contribution >= 0.6 is 0 Å². The minimum absolute atomic E-state index is 0.0476. The van der Waals surface area contributed by atoms with Crippen molar-refractivity contribution in [2.24, 2.45) is 0 Å². The number of aliphatic carboxylic acids is 1. The molecule has 0 spiro atoms. The Balaban J connectivity index is 1.69. The Morgan fingerprint density at radius 1 is 1.03 bits per heavy atom. The van der Waals surface area contributed by atoms with Crippen LogP contribution in [0.2, 0.25) is 0 Å². The lowest BCUT2D eigenvalue weighted by molar-refractivity contribution is -0.312. The maximum Gasteiger partial charge on any atom is 0.339 e. The van der Waals surface area contributed by atoms with Gasteiger partial charge in [-0.25, -0.2) is 4.79 Å². The lowest BCUT2D eigenvalue weighted by Crippen LogP contribution is -2.52. The number of likely N-dealkylation sites (tertiary alicyclic amines) is 1. The van der Waals surface area contributed by atoms with Crippen LogP contribution in [0.15, 0.2) is 19.7 Å². The van der Waals surface area contributed by atoms with Gasteiger partial charge in [-0.15, -0.1) is 0 Å². The summed E-state index contributed by atoms with van der Waals surface area (Å²) < 4.78 is 11.5. The minimum Gasteiger partial charge on any atom is -0.548 e. The molecule has 1 aliphatic rings. The minimum atomic E-state index is -1.22. The standard InChI is InChI=1S/C24H27NO6/c1-12-15(4)30-21-14(3)22-18(11-17(12)21)13(2)16(24(29)31-22)8-9-20(26)25-10-6-5-7-19(25)23(27)28/h11,19H,5-10H2,1-4H3,(H,27,28)/p-1/t19-/m0/s1. The third kappa shape index (κ3) is 3.52. The number of carbonyl (C=O) groups excluding carboxylic acids is 2. The number of hydrogen-bond acceptors (Lipinski definition) is 6. The summed E-state index contributed by atoms with van der Waals surface area (Å²) in [4.78, 5) is 38.3. The highest BCUT2D eigenvalue weighted by Gasteiger charge is 2.28. The molecule has 0 bridgehead atoms. The largest absolute Gasteiger partial charge is 0.548 e. The maximum atomic E-state index is 12.7. The first-order chi connectivity index (χ1) is 14.7. The molecule has 0 unspecified atom stereocenters. The average Bonchev–Trinajstić information content (AvgIpc) is 3.03. The molecular formula is C24H26NO6-. The molecule has 3 heterocycles. The van der Waals surface area contributed by atoms with Crippen molar-refractivity contribution in [3.05, 3.63) is 44.5 Å². The van der Waals surface area contributed by atoms with E-state index in [-0.39, 0.29) is 18.7 Å². The van der Waals surface area contributed by atoms with Crippen molar-refractivity contribution in [2.45, 2.75) is 65.8 Å². The summed E-state index contributed by atoms with van der Waals surface area (Å²) in [5.74, 6) is -0.677. The van der Waals surface area contributed by atoms with Crippen LogP contribution < -0.4 is 10.7 Å². The zero-order valence-electron chi connectivity index (χ0n) is 18.3. The number of carbonyl (C=O) groups is 2. The zero-order chi connectivity index (χ0) is 22.4. The number of amides is 1. The average molecular weight is 424 g/mol. The molecule has 7 heteroatoms. The molecule has 0 N–H and O–H groups in total. The Kier molecular flexibility index (Phi) is 5.37. The fourth-order valence-corrected chi connectivity index (χ4v) is 4.63. The van der Waals surface area contributed by atoms with Gasteiger partial charge in [0.1, 0.15) is 16.9 Å². The summed E-state index contributed by atoms with van der Waals surface area (Å²) in [7, 11) is 0. The lowest BCUT2D eigenvalue weighted by Gasteiger charge is -2.36. The highest BCUT2D eigenvalue weighted by Crippen LogP contribution is 2.34. The number of carboxylic acid groups (broad SMARTS) is 1. The molecule has 1 saturated heterocycles. The first kappa shape index (κ1) is 21.2. The number of nitrogens with zero attached hydrogens (tertiary/aromatic N) is 1. The maximum absolute atomic E-state index is 12.7. The number of piperidine rings is 1. The Bertz CT molecular complexity index is 1270. The number of benzene rings is 1. The van der Waals surface area contributed by atoms with Crippen molar-refractivity contribution in [3.8, 4) is 0 Å². The van der Waals surface area contributed by atoms with Gasteiger partial charge in [0.05, 0.1) is 12.0 Å². The summed E-state index contributed by atoms with van der Waals surface area (Å²) >= 11 is 0. The Labute approximate surface area is 179 Å². The SMILES string of the molecule is Cc1oc2c(C)c3oc(=O)c(CCC(=O)N4CCCC[C@H]4C(=O)[O-])c(C)c3cc2c1C. The number of aryl methyl sites for hydroxylation is 4. The first-order valence-corrected chi connectivity index (χ1v) is 10.7. The van der Waals surface area contributed by atoms with Gasteiger partial charge >= 0.3 is 5.63 Å². The van der Waals surface area contributed by atoms with Crippen LogP contribution in [0.25, 0.3) is 21.9 Å². The van der Waals surface area contributed by atoms with Crippen LogP contribution in [-0.2, 0) is 16.0 Å². The van der Waals surface area contributed by atoms with Crippen LogP contribution in [0.4, 0.5) is 0 Å². The second-order valence-corrected chi connectivity index (χ2v) is 8.45. The summed E-state index contributed by atoms with van der Waals surface area (Å²) in [5, 5.41) is 13.2. The molecule has 0 aliphatic carbocycles. The molecule has 1 amide bonds. The normalized spacial score (nSPS) is 16.9. The van der Waals surface area contributed by atoms with Gasteiger partial charge in [-0.2, -0.15) is 0 Å². The third-order valence-corrected chi connectivity index (χ3v) is 6.63. The van der Waals surface area contributed by atoms with E-state index >= 15 is 0 Å². The van der Waals surface area contributed by atoms with Gasteiger partial charge < -0.3 is 23.6 Å². The van der Waals surface area contributed by atoms with Crippen molar-refractivity contribution in [1.29, 1.82) is 0 Å². The number of fused-ring (bicyclic) bond motifs is 2. The Morgan fingerprint density at radius 2 is 1.71 bits per heavy atom. The third-order valence-electron chi connectivity index (χ3n) is 6.63. The fourth-order valence-electron chi connectivity index (χ4n) is 4.63. The molecular weight excluding hydrogens is 398 g/mol. The van der Waals surface area contributed by atoms with E-state index < -0.39 is 17.6 Å². The predicted molar refractivity (Wildman–Crippen MR) is 114 cm³/mol. The van der Waals surface area contributed by atoms with Gasteiger partial charge in [-0.3, -0.25) is 4.79 Å². The zero-order valence-corrected chi connectivity index (χ0v) is 18.3. The molecule has 0 saturated carbocycles.